The molecule has 0 fully saturated rings. The van der Waals surface area contributed by atoms with Crippen molar-refractivity contribution in [1.29, 1.82) is 0 Å². The van der Waals surface area contributed by atoms with Crippen LogP contribution in [0.15, 0.2) is 66.0 Å². The molecule has 4 aromatic rings. The Balaban J connectivity index is 1.43. The van der Waals surface area contributed by atoms with Gasteiger partial charge in [-0.1, -0.05) is 30.3 Å². The highest BCUT2D eigenvalue weighted by atomic mass is 32.1. The van der Waals surface area contributed by atoms with Gasteiger partial charge in [-0.25, -0.2) is 9.67 Å². The van der Waals surface area contributed by atoms with Crippen LogP contribution in [0.2, 0.25) is 0 Å². The van der Waals surface area contributed by atoms with E-state index in [4.69, 9.17) is 0 Å². The molecule has 156 valence electrons. The van der Waals surface area contributed by atoms with E-state index in [1.807, 2.05) is 54.9 Å². The van der Waals surface area contributed by atoms with Crippen molar-refractivity contribution >= 4 is 34.0 Å². The smallest absolute Gasteiger partial charge is 0.257 e. The van der Waals surface area contributed by atoms with Crippen molar-refractivity contribution in [2.45, 2.75) is 20.3 Å². The van der Waals surface area contributed by atoms with Crippen LogP contribution in [0.5, 0.6) is 0 Å². The molecule has 2 aromatic carbocycles. The van der Waals surface area contributed by atoms with Gasteiger partial charge in [0.15, 0.2) is 5.13 Å². The molecule has 0 atom stereocenters. The molecule has 2 aromatic heterocycles. The largest absolute Gasteiger partial charge is 0.324 e. The standard InChI is InChI=1S/C23H21N5O2S/c1-15-12-16(2)28(27-15)20-11-7-6-10-19(20)25-21(29)13-18-14-31-23(24-18)26-22(30)17-8-4-3-5-9-17/h3-12,14H,13H2,1-2H3,(H,25,29)(H,24,26,30). The summed E-state index contributed by atoms with van der Waals surface area (Å²) < 4.78 is 1.81. The van der Waals surface area contributed by atoms with Crippen molar-refractivity contribution < 1.29 is 9.59 Å². The Labute approximate surface area is 183 Å². The minimum atomic E-state index is -0.232. The molecule has 0 unspecified atom stereocenters. The minimum Gasteiger partial charge on any atom is -0.324 e. The lowest BCUT2D eigenvalue weighted by Gasteiger charge is -2.12. The van der Waals surface area contributed by atoms with Crippen LogP contribution >= 0.6 is 11.3 Å². The molecular weight excluding hydrogens is 410 g/mol. The van der Waals surface area contributed by atoms with Gasteiger partial charge >= 0.3 is 0 Å². The molecule has 7 nitrogen and oxygen atoms in total. The molecule has 0 bridgehead atoms. The Morgan fingerprint density at radius 1 is 1.00 bits per heavy atom. The van der Waals surface area contributed by atoms with Crippen molar-refractivity contribution in [2.24, 2.45) is 0 Å². The first-order chi connectivity index (χ1) is 15.0. The molecule has 2 heterocycles. The number of carbonyl (C=O) groups is 2. The van der Waals surface area contributed by atoms with Crippen molar-refractivity contribution in [3.63, 3.8) is 0 Å². The normalized spacial score (nSPS) is 10.6. The number of hydrogen-bond donors (Lipinski definition) is 2. The molecule has 0 aliphatic rings. The summed E-state index contributed by atoms with van der Waals surface area (Å²) >= 11 is 1.29. The maximum Gasteiger partial charge on any atom is 0.257 e. The average molecular weight is 432 g/mol. The summed E-state index contributed by atoms with van der Waals surface area (Å²) in [5.41, 5.74) is 4.51. The highest BCUT2D eigenvalue weighted by Gasteiger charge is 2.14. The van der Waals surface area contributed by atoms with Gasteiger partial charge in [-0.2, -0.15) is 5.10 Å². The second-order valence-electron chi connectivity index (χ2n) is 7.05. The predicted molar refractivity (Wildman–Crippen MR) is 122 cm³/mol. The lowest BCUT2D eigenvalue weighted by atomic mass is 10.2. The quantitative estimate of drug-likeness (QED) is 0.474. The molecule has 31 heavy (non-hydrogen) atoms. The van der Waals surface area contributed by atoms with Gasteiger partial charge in [-0.05, 0) is 44.2 Å². The van der Waals surface area contributed by atoms with Gasteiger partial charge in [0.05, 0.1) is 29.2 Å². The van der Waals surface area contributed by atoms with Gasteiger partial charge in [0, 0.05) is 16.6 Å². The maximum absolute atomic E-state index is 12.6. The molecule has 0 aliphatic carbocycles. The molecule has 8 heteroatoms. The summed E-state index contributed by atoms with van der Waals surface area (Å²) in [6.07, 6.45) is 0.100. The first kappa shape index (κ1) is 20.5. The van der Waals surface area contributed by atoms with Crippen molar-refractivity contribution in [2.75, 3.05) is 10.6 Å². The highest BCUT2D eigenvalue weighted by molar-refractivity contribution is 7.14. The van der Waals surface area contributed by atoms with Crippen LogP contribution in [0.3, 0.4) is 0 Å². The van der Waals surface area contributed by atoms with E-state index in [1.165, 1.54) is 11.3 Å². The number of carbonyl (C=O) groups excluding carboxylic acids is 2. The Bertz CT molecular complexity index is 1230. The molecule has 0 saturated carbocycles. The number of aryl methyl sites for hydroxylation is 2. The fourth-order valence-corrected chi connectivity index (χ4v) is 3.91. The zero-order valence-electron chi connectivity index (χ0n) is 17.1. The number of aromatic nitrogens is 3. The van der Waals surface area contributed by atoms with Gasteiger partial charge in [-0.15, -0.1) is 11.3 Å². The van der Waals surface area contributed by atoms with Crippen LogP contribution < -0.4 is 10.6 Å². The summed E-state index contributed by atoms with van der Waals surface area (Å²) in [5, 5.41) is 12.4. The Hall–Kier alpha value is -3.78. The molecule has 0 saturated heterocycles. The number of para-hydroxylation sites is 2. The summed E-state index contributed by atoms with van der Waals surface area (Å²) in [6.45, 7) is 3.90. The van der Waals surface area contributed by atoms with E-state index >= 15 is 0 Å². The molecular formula is C23H21N5O2S. The fourth-order valence-electron chi connectivity index (χ4n) is 3.20. The fraction of sp³-hybridized carbons (Fsp3) is 0.130. The lowest BCUT2D eigenvalue weighted by molar-refractivity contribution is -0.115. The van der Waals surface area contributed by atoms with Crippen LogP contribution in [0, 0.1) is 13.8 Å². The van der Waals surface area contributed by atoms with Gasteiger partial charge in [0.25, 0.3) is 5.91 Å². The molecule has 0 spiro atoms. The van der Waals surface area contributed by atoms with E-state index in [1.54, 1.807) is 29.6 Å². The van der Waals surface area contributed by atoms with Crippen molar-refractivity contribution in [3.05, 3.63) is 88.7 Å². The number of nitrogens with zero attached hydrogens (tertiary/aromatic N) is 3. The third-order valence-corrected chi connectivity index (χ3v) is 5.37. The van der Waals surface area contributed by atoms with Crippen LogP contribution in [-0.4, -0.2) is 26.6 Å². The van der Waals surface area contributed by atoms with Crippen molar-refractivity contribution in [1.82, 2.24) is 14.8 Å². The second-order valence-corrected chi connectivity index (χ2v) is 7.90. The molecule has 0 aliphatic heterocycles. The van der Waals surface area contributed by atoms with Gasteiger partial charge in [0.2, 0.25) is 5.91 Å². The number of benzene rings is 2. The van der Waals surface area contributed by atoms with Crippen LogP contribution in [0.4, 0.5) is 10.8 Å². The number of amides is 2. The van der Waals surface area contributed by atoms with E-state index in [2.05, 4.69) is 20.7 Å². The minimum absolute atomic E-state index is 0.100. The number of hydrogen-bond acceptors (Lipinski definition) is 5. The van der Waals surface area contributed by atoms with Crippen LogP contribution in [0.25, 0.3) is 5.69 Å². The zero-order chi connectivity index (χ0) is 21.8. The number of nitrogens with one attached hydrogen (secondary N) is 2. The van der Waals surface area contributed by atoms with E-state index in [0.717, 1.165) is 17.1 Å². The van der Waals surface area contributed by atoms with Crippen LogP contribution in [-0.2, 0) is 11.2 Å². The summed E-state index contributed by atoms with van der Waals surface area (Å²) in [6, 6.07) is 18.4. The zero-order valence-corrected chi connectivity index (χ0v) is 17.9. The highest BCUT2D eigenvalue weighted by Crippen LogP contribution is 2.22. The second kappa shape index (κ2) is 8.93. The molecule has 4 rings (SSSR count). The van der Waals surface area contributed by atoms with Crippen molar-refractivity contribution in [3.8, 4) is 5.69 Å². The number of anilines is 2. The summed E-state index contributed by atoms with van der Waals surface area (Å²) in [7, 11) is 0. The van der Waals surface area contributed by atoms with Crippen LogP contribution in [0.1, 0.15) is 27.4 Å². The SMILES string of the molecule is Cc1cc(C)n(-c2ccccc2NC(=O)Cc2csc(NC(=O)c3ccccc3)n2)n1. The van der Waals surface area contributed by atoms with E-state index in [-0.39, 0.29) is 18.2 Å². The number of thiazole rings is 1. The Morgan fingerprint density at radius 2 is 1.74 bits per heavy atom. The van der Waals surface area contributed by atoms with E-state index in [9.17, 15) is 9.59 Å². The monoisotopic (exact) mass is 431 g/mol. The Kier molecular flexibility index (Phi) is 5.90. The average Bonchev–Trinajstić information content (AvgIpc) is 3.33. The van der Waals surface area contributed by atoms with Gasteiger partial charge in [-0.3, -0.25) is 14.9 Å². The Morgan fingerprint density at radius 3 is 2.48 bits per heavy atom. The van der Waals surface area contributed by atoms with E-state index in [0.29, 0.717) is 22.1 Å². The molecule has 2 amide bonds. The summed E-state index contributed by atoms with van der Waals surface area (Å²) in [5.74, 6) is -0.426. The predicted octanol–water partition coefficient (Wildman–Crippen LogP) is 4.38. The van der Waals surface area contributed by atoms with Gasteiger partial charge < -0.3 is 5.32 Å². The lowest BCUT2D eigenvalue weighted by Crippen LogP contribution is -2.17. The number of rotatable bonds is 6. The first-order valence-corrected chi connectivity index (χ1v) is 10.6. The maximum atomic E-state index is 12.6. The third kappa shape index (κ3) is 4.87. The van der Waals surface area contributed by atoms with E-state index < -0.39 is 0 Å². The summed E-state index contributed by atoms with van der Waals surface area (Å²) in [4.78, 5) is 29.3. The third-order valence-electron chi connectivity index (χ3n) is 4.57. The van der Waals surface area contributed by atoms with Gasteiger partial charge in [0.1, 0.15) is 0 Å². The first-order valence-electron chi connectivity index (χ1n) is 9.73. The molecule has 2 N–H and O–H groups in total. The topological polar surface area (TPSA) is 88.9 Å². The molecule has 0 radical (unpaired) electrons.